The van der Waals surface area contributed by atoms with Gasteiger partial charge in [-0.1, -0.05) is 39.3 Å². The molecule has 0 fully saturated rings. The van der Waals surface area contributed by atoms with Crippen molar-refractivity contribution in [2.75, 3.05) is 21.1 Å². The zero-order chi connectivity index (χ0) is 11.1. The number of rotatable bonds is 3. The van der Waals surface area contributed by atoms with E-state index in [1.165, 1.54) is 0 Å². The van der Waals surface area contributed by atoms with Crippen molar-refractivity contribution >= 4 is 16.5 Å². The summed E-state index contributed by atoms with van der Waals surface area (Å²) >= 11 is 0. The van der Waals surface area contributed by atoms with Gasteiger partial charge in [-0.15, -0.1) is 0 Å². The number of hydrogen-bond donors (Lipinski definition) is 0. The van der Waals surface area contributed by atoms with Crippen LogP contribution in [0.1, 0.15) is 0 Å². The molecule has 0 atom stereocenters. The molecule has 0 aliphatic rings. The molecule has 0 unspecified atom stereocenters. The van der Waals surface area contributed by atoms with Gasteiger partial charge >= 0.3 is 0 Å². The summed E-state index contributed by atoms with van der Waals surface area (Å²) in [4.78, 5) is 0. The molecule has 0 saturated heterocycles. The van der Waals surface area contributed by atoms with Gasteiger partial charge in [-0.25, -0.2) is 4.34 Å². The lowest BCUT2D eigenvalue weighted by molar-refractivity contribution is -0.955. The quantitative estimate of drug-likeness (QED) is 0.291. The van der Waals surface area contributed by atoms with Crippen molar-refractivity contribution < 1.29 is 28.6 Å². The first-order valence-electron chi connectivity index (χ1n) is 4.99. The van der Waals surface area contributed by atoms with E-state index in [4.69, 9.17) is 0 Å². The molecular formula is C9H27IN2Si2. The van der Waals surface area contributed by atoms with Crippen LogP contribution in [-0.4, -0.2) is 46.5 Å². The van der Waals surface area contributed by atoms with Crippen LogP contribution in [-0.2, 0) is 0 Å². The summed E-state index contributed by atoms with van der Waals surface area (Å²) in [6.07, 6.45) is 0. The standard InChI is InChI=1S/C9H27N2Si2.HI/c1-11(2,3)10(12(4,5)6)13(7,8)9;/h1-9H3;1H/q+1;/p-1. The van der Waals surface area contributed by atoms with Crippen molar-refractivity contribution in [3.63, 3.8) is 0 Å². The minimum atomic E-state index is -1.19. The van der Waals surface area contributed by atoms with Gasteiger partial charge in [0.05, 0.1) is 21.1 Å². The normalized spacial score (nSPS) is 14.1. The molecule has 0 heterocycles. The number of hydrogen-bond acceptors (Lipinski definition) is 1. The Balaban J connectivity index is 0. The van der Waals surface area contributed by atoms with Gasteiger partial charge in [0.15, 0.2) is 16.5 Å². The van der Waals surface area contributed by atoms with Crippen molar-refractivity contribution in [2.45, 2.75) is 39.3 Å². The molecule has 0 spiro atoms. The lowest BCUT2D eigenvalue weighted by Crippen LogP contribution is -3.00. The summed E-state index contributed by atoms with van der Waals surface area (Å²) in [5.41, 5.74) is 0. The predicted octanol–water partition coefficient (Wildman–Crippen LogP) is -0.417. The van der Waals surface area contributed by atoms with Crippen LogP contribution in [0.4, 0.5) is 0 Å². The number of quaternary nitrogens is 1. The van der Waals surface area contributed by atoms with E-state index < -0.39 is 16.5 Å². The Labute approximate surface area is 109 Å². The van der Waals surface area contributed by atoms with E-state index in [-0.39, 0.29) is 24.0 Å². The Morgan fingerprint density at radius 1 is 0.714 bits per heavy atom. The fourth-order valence-electron chi connectivity index (χ4n) is 2.81. The molecule has 88 valence electrons. The molecule has 0 aliphatic heterocycles. The smallest absolute Gasteiger partial charge is 0.172 e. The third-order valence-corrected chi connectivity index (χ3v) is 9.64. The Morgan fingerprint density at radius 3 is 0.929 bits per heavy atom. The fourth-order valence-corrected chi connectivity index (χ4v) is 14.5. The minimum absolute atomic E-state index is 0. The minimum Gasteiger partial charge on any atom is -1.00 e. The molecule has 0 amide bonds. The van der Waals surface area contributed by atoms with E-state index in [9.17, 15) is 0 Å². The number of halogens is 1. The van der Waals surface area contributed by atoms with Crippen LogP contribution in [0.5, 0.6) is 0 Å². The van der Waals surface area contributed by atoms with Crippen LogP contribution >= 0.6 is 0 Å². The first-order chi connectivity index (χ1) is 5.37. The third kappa shape index (κ3) is 5.25. The Bertz CT molecular complexity index is 143. The van der Waals surface area contributed by atoms with Crippen LogP contribution in [0, 0.1) is 0 Å². The molecule has 14 heavy (non-hydrogen) atoms. The second kappa shape index (κ2) is 4.94. The highest BCUT2D eigenvalue weighted by molar-refractivity contribution is 6.88. The Kier molecular flexibility index (Phi) is 6.17. The monoisotopic (exact) mass is 346 g/mol. The van der Waals surface area contributed by atoms with Crippen molar-refractivity contribution in [2.24, 2.45) is 0 Å². The maximum atomic E-state index is 2.78. The van der Waals surface area contributed by atoms with Gasteiger partial charge in [-0.05, 0) is 0 Å². The van der Waals surface area contributed by atoms with Gasteiger partial charge in [-0.2, -0.15) is 0 Å². The molecule has 2 nitrogen and oxygen atoms in total. The van der Waals surface area contributed by atoms with Gasteiger partial charge in [0.25, 0.3) is 0 Å². The molecule has 0 aromatic carbocycles. The summed E-state index contributed by atoms with van der Waals surface area (Å²) in [5, 5.41) is 0. The Hall–Kier alpha value is 1.08. The maximum absolute atomic E-state index is 2.78. The van der Waals surface area contributed by atoms with Gasteiger partial charge in [0.1, 0.15) is 0 Å². The van der Waals surface area contributed by atoms with E-state index in [2.05, 4.69) is 64.8 Å². The van der Waals surface area contributed by atoms with Crippen LogP contribution in [0.3, 0.4) is 0 Å². The van der Waals surface area contributed by atoms with E-state index in [1.807, 2.05) is 0 Å². The van der Waals surface area contributed by atoms with Crippen LogP contribution in [0.25, 0.3) is 0 Å². The molecule has 0 aromatic heterocycles. The molecule has 5 heteroatoms. The molecule has 0 N–H and O–H groups in total. The Morgan fingerprint density at radius 2 is 0.929 bits per heavy atom. The highest BCUT2D eigenvalue weighted by atomic mass is 127. The molecule has 0 aliphatic carbocycles. The lowest BCUT2D eigenvalue weighted by atomic mass is 10.9. The van der Waals surface area contributed by atoms with E-state index in [0.29, 0.717) is 0 Å². The molecule has 0 radical (unpaired) electrons. The van der Waals surface area contributed by atoms with Crippen molar-refractivity contribution in [1.29, 1.82) is 0 Å². The van der Waals surface area contributed by atoms with E-state index in [1.54, 1.807) is 0 Å². The first kappa shape index (κ1) is 17.5. The first-order valence-corrected chi connectivity index (χ1v) is 11.9. The highest BCUT2D eigenvalue weighted by Crippen LogP contribution is 2.23. The van der Waals surface area contributed by atoms with E-state index >= 15 is 0 Å². The second-order valence-corrected chi connectivity index (χ2v) is 16.6. The topological polar surface area (TPSA) is 3.24 Å². The molecule has 0 bridgehead atoms. The van der Waals surface area contributed by atoms with Crippen molar-refractivity contribution in [3.05, 3.63) is 0 Å². The van der Waals surface area contributed by atoms with Crippen molar-refractivity contribution in [1.82, 2.24) is 4.34 Å². The molecule has 0 rings (SSSR count). The predicted molar refractivity (Wildman–Crippen MR) is 66.6 cm³/mol. The third-order valence-electron chi connectivity index (χ3n) is 1.87. The molecule has 0 saturated carbocycles. The summed E-state index contributed by atoms with van der Waals surface area (Å²) in [5.74, 6) is 0. The summed E-state index contributed by atoms with van der Waals surface area (Å²) < 4.78 is 3.77. The summed E-state index contributed by atoms with van der Waals surface area (Å²) in [7, 11) is 4.48. The zero-order valence-electron chi connectivity index (χ0n) is 11.3. The fraction of sp³-hybridized carbons (Fsp3) is 1.00. The van der Waals surface area contributed by atoms with Crippen molar-refractivity contribution in [3.8, 4) is 0 Å². The molecule has 0 aromatic rings. The van der Waals surface area contributed by atoms with Gasteiger partial charge < -0.3 is 24.0 Å². The average Bonchev–Trinajstić information content (AvgIpc) is 1.44. The average molecular weight is 346 g/mol. The van der Waals surface area contributed by atoms with Gasteiger partial charge in [-0.3, -0.25) is 4.59 Å². The van der Waals surface area contributed by atoms with E-state index in [0.717, 1.165) is 4.59 Å². The SMILES string of the molecule is C[N+](C)(C)N([Si](C)(C)C)[Si](C)(C)C.[I-]. The largest absolute Gasteiger partial charge is 1.00 e. The highest BCUT2D eigenvalue weighted by Gasteiger charge is 2.43. The summed E-state index contributed by atoms with van der Waals surface area (Å²) in [6.45, 7) is 14.6. The van der Waals surface area contributed by atoms with Crippen LogP contribution < -0.4 is 24.0 Å². The van der Waals surface area contributed by atoms with Gasteiger partial charge in [0, 0.05) is 0 Å². The van der Waals surface area contributed by atoms with Crippen LogP contribution in [0.15, 0.2) is 0 Å². The second-order valence-electron chi connectivity index (χ2n) is 6.60. The lowest BCUT2D eigenvalue weighted by Gasteiger charge is -2.51. The van der Waals surface area contributed by atoms with Crippen LogP contribution in [0.2, 0.25) is 39.3 Å². The zero-order valence-corrected chi connectivity index (χ0v) is 15.4. The van der Waals surface area contributed by atoms with Gasteiger partial charge in [0.2, 0.25) is 0 Å². The molecular weight excluding hydrogens is 319 g/mol. The summed E-state index contributed by atoms with van der Waals surface area (Å²) in [6, 6.07) is 0. The number of nitrogens with zero attached hydrogens (tertiary/aromatic N) is 2. The maximum Gasteiger partial charge on any atom is 0.172 e.